The monoisotopic (exact) mass is 289 g/mol. The van der Waals surface area contributed by atoms with Crippen LogP contribution in [0.25, 0.3) is 0 Å². The Labute approximate surface area is 103 Å². The molecule has 1 amide bonds. The van der Waals surface area contributed by atoms with Crippen LogP contribution in [0.15, 0.2) is 22.7 Å². The van der Waals surface area contributed by atoms with Gasteiger partial charge in [0.05, 0.1) is 10.6 Å². The second-order valence-corrected chi connectivity index (χ2v) is 4.84. The number of rotatable bonds is 2. The van der Waals surface area contributed by atoms with Crippen LogP contribution < -0.4 is 0 Å². The number of benzene rings is 1. The summed E-state index contributed by atoms with van der Waals surface area (Å²) in [4.78, 5) is 13.6. The number of hydrogen-bond donors (Lipinski definition) is 0. The average Bonchev–Trinajstić information content (AvgIpc) is 2.20. The van der Waals surface area contributed by atoms with E-state index in [-0.39, 0.29) is 11.9 Å². The first-order valence-corrected chi connectivity index (χ1v) is 5.83. The zero-order valence-electron chi connectivity index (χ0n) is 8.92. The summed E-state index contributed by atoms with van der Waals surface area (Å²) in [5.74, 6) is -0.0590. The second kappa shape index (κ2) is 4.99. The number of carbonyl (C=O) groups excluding carboxylic acids is 1. The number of carbonyl (C=O) groups is 1. The van der Waals surface area contributed by atoms with Gasteiger partial charge < -0.3 is 4.90 Å². The molecule has 0 bridgehead atoms. The summed E-state index contributed by atoms with van der Waals surface area (Å²) in [5, 5.41) is 0.468. The lowest BCUT2D eigenvalue weighted by Crippen LogP contribution is -2.33. The van der Waals surface area contributed by atoms with E-state index in [1.54, 1.807) is 24.1 Å². The Morgan fingerprint density at radius 3 is 2.60 bits per heavy atom. The molecule has 0 aliphatic heterocycles. The SMILES string of the molecule is CC(C)N(C)C(=O)c1cccc(Br)c1Cl. The molecule has 0 saturated carbocycles. The van der Waals surface area contributed by atoms with Gasteiger partial charge in [0.1, 0.15) is 0 Å². The van der Waals surface area contributed by atoms with Crippen molar-refractivity contribution in [1.29, 1.82) is 0 Å². The molecule has 0 aliphatic carbocycles. The highest BCUT2D eigenvalue weighted by Crippen LogP contribution is 2.26. The van der Waals surface area contributed by atoms with Crippen LogP contribution in [0.3, 0.4) is 0 Å². The zero-order valence-corrected chi connectivity index (χ0v) is 11.3. The topological polar surface area (TPSA) is 20.3 Å². The number of halogens is 2. The molecule has 82 valence electrons. The predicted molar refractivity (Wildman–Crippen MR) is 66.4 cm³/mol. The smallest absolute Gasteiger partial charge is 0.255 e. The third-order valence-corrected chi connectivity index (χ3v) is 3.57. The molecule has 0 heterocycles. The largest absolute Gasteiger partial charge is 0.339 e. The van der Waals surface area contributed by atoms with Crippen molar-refractivity contribution in [1.82, 2.24) is 4.90 Å². The fourth-order valence-corrected chi connectivity index (χ4v) is 1.67. The van der Waals surface area contributed by atoms with Gasteiger partial charge in [-0.2, -0.15) is 0 Å². The highest BCUT2D eigenvalue weighted by molar-refractivity contribution is 9.10. The molecular formula is C11H13BrClNO. The van der Waals surface area contributed by atoms with Crippen molar-refractivity contribution in [2.24, 2.45) is 0 Å². The Kier molecular flexibility index (Phi) is 4.17. The van der Waals surface area contributed by atoms with Crippen LogP contribution in [0.5, 0.6) is 0 Å². The third kappa shape index (κ3) is 2.73. The normalized spacial score (nSPS) is 10.5. The molecule has 0 N–H and O–H groups in total. The van der Waals surface area contributed by atoms with Gasteiger partial charge in [-0.3, -0.25) is 4.79 Å². The minimum absolute atomic E-state index is 0.0590. The fraction of sp³-hybridized carbons (Fsp3) is 0.364. The maximum atomic E-state index is 12.0. The lowest BCUT2D eigenvalue weighted by molar-refractivity contribution is 0.0755. The first-order valence-electron chi connectivity index (χ1n) is 4.66. The van der Waals surface area contributed by atoms with Crippen molar-refractivity contribution < 1.29 is 4.79 Å². The summed E-state index contributed by atoms with van der Waals surface area (Å²) < 4.78 is 0.743. The van der Waals surface area contributed by atoms with Crippen LogP contribution in [0.1, 0.15) is 24.2 Å². The van der Waals surface area contributed by atoms with Crippen molar-refractivity contribution in [3.05, 3.63) is 33.3 Å². The number of nitrogens with zero attached hydrogens (tertiary/aromatic N) is 1. The highest BCUT2D eigenvalue weighted by Gasteiger charge is 2.17. The molecule has 0 spiro atoms. The highest BCUT2D eigenvalue weighted by atomic mass is 79.9. The van der Waals surface area contributed by atoms with Crippen LogP contribution in [-0.2, 0) is 0 Å². The molecule has 0 unspecified atom stereocenters. The van der Waals surface area contributed by atoms with Crippen LogP contribution in [0.2, 0.25) is 5.02 Å². The van der Waals surface area contributed by atoms with E-state index in [1.807, 2.05) is 19.9 Å². The van der Waals surface area contributed by atoms with Gasteiger partial charge in [0, 0.05) is 17.6 Å². The number of amides is 1. The Bertz CT molecular complexity index is 379. The Morgan fingerprint density at radius 1 is 1.47 bits per heavy atom. The predicted octanol–water partition coefficient (Wildman–Crippen LogP) is 3.58. The molecule has 0 saturated heterocycles. The molecule has 4 heteroatoms. The van der Waals surface area contributed by atoms with E-state index < -0.39 is 0 Å². The standard InChI is InChI=1S/C11H13BrClNO/c1-7(2)14(3)11(15)8-5-4-6-9(12)10(8)13/h4-7H,1-3H3. The summed E-state index contributed by atoms with van der Waals surface area (Å²) in [6.45, 7) is 3.92. The summed E-state index contributed by atoms with van der Waals surface area (Å²) in [6.07, 6.45) is 0. The molecule has 0 radical (unpaired) electrons. The summed E-state index contributed by atoms with van der Waals surface area (Å²) >= 11 is 9.34. The van der Waals surface area contributed by atoms with Gasteiger partial charge in [-0.15, -0.1) is 0 Å². The molecule has 1 aromatic carbocycles. The van der Waals surface area contributed by atoms with E-state index in [0.29, 0.717) is 10.6 Å². The lowest BCUT2D eigenvalue weighted by Gasteiger charge is -2.22. The van der Waals surface area contributed by atoms with Crippen molar-refractivity contribution in [2.75, 3.05) is 7.05 Å². The third-order valence-electron chi connectivity index (χ3n) is 2.28. The van der Waals surface area contributed by atoms with E-state index in [1.165, 1.54) is 0 Å². The van der Waals surface area contributed by atoms with Gasteiger partial charge in [0.2, 0.25) is 0 Å². The Morgan fingerprint density at radius 2 is 2.07 bits per heavy atom. The average molecular weight is 291 g/mol. The van der Waals surface area contributed by atoms with Gasteiger partial charge in [-0.25, -0.2) is 0 Å². The van der Waals surface area contributed by atoms with E-state index >= 15 is 0 Å². The van der Waals surface area contributed by atoms with Gasteiger partial charge in [0.15, 0.2) is 0 Å². The first-order chi connectivity index (χ1) is 6.95. The van der Waals surface area contributed by atoms with Crippen LogP contribution in [0, 0.1) is 0 Å². The van der Waals surface area contributed by atoms with Gasteiger partial charge in [-0.1, -0.05) is 17.7 Å². The Hall–Kier alpha value is -0.540. The van der Waals surface area contributed by atoms with Gasteiger partial charge in [0.25, 0.3) is 5.91 Å². The van der Waals surface area contributed by atoms with Crippen molar-refractivity contribution in [3.8, 4) is 0 Å². The number of hydrogen-bond acceptors (Lipinski definition) is 1. The van der Waals surface area contributed by atoms with Gasteiger partial charge in [-0.05, 0) is 41.9 Å². The van der Waals surface area contributed by atoms with Crippen molar-refractivity contribution in [3.63, 3.8) is 0 Å². The van der Waals surface area contributed by atoms with Crippen LogP contribution in [-0.4, -0.2) is 23.9 Å². The summed E-state index contributed by atoms with van der Waals surface area (Å²) in [7, 11) is 1.77. The molecule has 2 nitrogen and oxygen atoms in total. The minimum atomic E-state index is -0.0590. The van der Waals surface area contributed by atoms with Crippen LogP contribution in [0.4, 0.5) is 0 Å². The molecule has 1 rings (SSSR count). The van der Waals surface area contributed by atoms with E-state index in [2.05, 4.69) is 15.9 Å². The minimum Gasteiger partial charge on any atom is -0.339 e. The van der Waals surface area contributed by atoms with Gasteiger partial charge >= 0.3 is 0 Å². The summed E-state index contributed by atoms with van der Waals surface area (Å²) in [5.41, 5.74) is 0.530. The summed E-state index contributed by atoms with van der Waals surface area (Å²) in [6, 6.07) is 5.51. The molecule has 0 aliphatic rings. The molecular weight excluding hydrogens is 277 g/mol. The van der Waals surface area contributed by atoms with Crippen LogP contribution >= 0.6 is 27.5 Å². The first kappa shape index (κ1) is 12.5. The maximum Gasteiger partial charge on any atom is 0.255 e. The molecule has 0 aromatic heterocycles. The quantitative estimate of drug-likeness (QED) is 0.815. The molecule has 0 fully saturated rings. The Balaban J connectivity index is 3.07. The van der Waals surface area contributed by atoms with E-state index in [0.717, 1.165) is 4.47 Å². The zero-order chi connectivity index (χ0) is 11.6. The maximum absolute atomic E-state index is 12.0. The molecule has 0 atom stereocenters. The second-order valence-electron chi connectivity index (χ2n) is 3.61. The van der Waals surface area contributed by atoms with E-state index in [4.69, 9.17) is 11.6 Å². The van der Waals surface area contributed by atoms with Crippen molar-refractivity contribution in [2.45, 2.75) is 19.9 Å². The lowest BCUT2D eigenvalue weighted by atomic mass is 10.2. The van der Waals surface area contributed by atoms with Crippen molar-refractivity contribution >= 4 is 33.4 Å². The van der Waals surface area contributed by atoms with E-state index in [9.17, 15) is 4.79 Å². The molecule has 15 heavy (non-hydrogen) atoms. The fourth-order valence-electron chi connectivity index (χ4n) is 1.09. The molecule has 1 aromatic rings.